The van der Waals surface area contributed by atoms with Crippen molar-refractivity contribution < 1.29 is 9.90 Å². The Morgan fingerprint density at radius 1 is 1.17 bits per heavy atom. The Morgan fingerprint density at radius 2 is 1.83 bits per heavy atom. The smallest absolute Gasteiger partial charge is 0.311 e. The summed E-state index contributed by atoms with van der Waals surface area (Å²) in [4.78, 5) is 19.0. The fourth-order valence-electron chi connectivity index (χ4n) is 1.88. The summed E-state index contributed by atoms with van der Waals surface area (Å²) in [5.74, 6) is -1.38. The van der Waals surface area contributed by atoms with E-state index >= 15 is 0 Å². The molecule has 0 saturated heterocycles. The minimum Gasteiger partial charge on any atom is -0.481 e. The first kappa shape index (κ1) is 12.2. The molecule has 1 atom stereocenters. The molecule has 92 valence electrons. The van der Waals surface area contributed by atoms with Crippen molar-refractivity contribution in [2.75, 3.05) is 0 Å². The molecule has 2 aromatic rings. The van der Waals surface area contributed by atoms with Crippen molar-refractivity contribution in [3.63, 3.8) is 0 Å². The van der Waals surface area contributed by atoms with Crippen LogP contribution in [-0.4, -0.2) is 21.0 Å². The molecule has 1 heterocycles. The second-order valence-electron chi connectivity index (χ2n) is 4.09. The van der Waals surface area contributed by atoms with Gasteiger partial charge in [0, 0.05) is 18.0 Å². The second kappa shape index (κ2) is 5.91. The first-order valence-electron chi connectivity index (χ1n) is 5.79. The third-order valence-corrected chi connectivity index (χ3v) is 2.85. The van der Waals surface area contributed by atoms with Crippen LogP contribution < -0.4 is 0 Å². The SMILES string of the molecule is O=C(O)C(CCc1ccccc1)c1cncnc1. The molecule has 0 aliphatic heterocycles. The molecule has 18 heavy (non-hydrogen) atoms. The van der Waals surface area contributed by atoms with E-state index in [4.69, 9.17) is 0 Å². The van der Waals surface area contributed by atoms with Crippen molar-refractivity contribution in [3.8, 4) is 0 Å². The van der Waals surface area contributed by atoms with E-state index in [1.165, 1.54) is 6.33 Å². The molecule has 0 aliphatic rings. The van der Waals surface area contributed by atoms with Crippen LogP contribution in [0.15, 0.2) is 49.1 Å². The van der Waals surface area contributed by atoms with Gasteiger partial charge in [-0.25, -0.2) is 9.97 Å². The Balaban J connectivity index is 2.06. The summed E-state index contributed by atoms with van der Waals surface area (Å²) in [6.07, 6.45) is 5.81. The van der Waals surface area contributed by atoms with Gasteiger partial charge in [0.15, 0.2) is 0 Å². The van der Waals surface area contributed by atoms with Crippen molar-refractivity contribution in [1.82, 2.24) is 9.97 Å². The number of aromatic nitrogens is 2. The van der Waals surface area contributed by atoms with Gasteiger partial charge in [-0.2, -0.15) is 0 Å². The van der Waals surface area contributed by atoms with Crippen molar-refractivity contribution in [2.45, 2.75) is 18.8 Å². The van der Waals surface area contributed by atoms with E-state index in [1.54, 1.807) is 12.4 Å². The number of nitrogens with zero attached hydrogens (tertiary/aromatic N) is 2. The predicted octanol–water partition coefficient (Wildman–Crippen LogP) is 2.28. The van der Waals surface area contributed by atoms with E-state index in [1.807, 2.05) is 30.3 Å². The normalized spacial score (nSPS) is 12.0. The highest BCUT2D eigenvalue weighted by Crippen LogP contribution is 2.20. The van der Waals surface area contributed by atoms with Gasteiger partial charge >= 0.3 is 5.97 Å². The molecule has 0 radical (unpaired) electrons. The molecule has 1 aromatic heterocycles. The summed E-state index contributed by atoms with van der Waals surface area (Å²) in [6, 6.07) is 9.86. The maximum absolute atomic E-state index is 11.3. The fraction of sp³-hybridized carbons (Fsp3) is 0.214. The van der Waals surface area contributed by atoms with E-state index in [2.05, 4.69) is 9.97 Å². The average molecular weight is 242 g/mol. The summed E-state index contributed by atoms with van der Waals surface area (Å²) < 4.78 is 0. The van der Waals surface area contributed by atoms with Gasteiger partial charge in [0.05, 0.1) is 5.92 Å². The number of hydrogen-bond donors (Lipinski definition) is 1. The van der Waals surface area contributed by atoms with Crippen molar-refractivity contribution in [2.24, 2.45) is 0 Å². The second-order valence-corrected chi connectivity index (χ2v) is 4.09. The summed E-state index contributed by atoms with van der Waals surface area (Å²) in [5, 5.41) is 9.25. The first-order valence-corrected chi connectivity index (χ1v) is 5.79. The molecule has 0 fully saturated rings. The van der Waals surface area contributed by atoms with Crippen LogP contribution in [0.1, 0.15) is 23.5 Å². The standard InChI is InChI=1S/C14H14N2O2/c17-14(18)13(12-8-15-10-16-9-12)7-6-11-4-2-1-3-5-11/h1-5,8-10,13H,6-7H2,(H,17,18). The van der Waals surface area contributed by atoms with Gasteiger partial charge in [0.2, 0.25) is 0 Å². The predicted molar refractivity (Wildman–Crippen MR) is 67.2 cm³/mol. The highest BCUT2D eigenvalue weighted by molar-refractivity contribution is 5.75. The number of rotatable bonds is 5. The first-order chi connectivity index (χ1) is 8.77. The Kier molecular flexibility index (Phi) is 4.02. The van der Waals surface area contributed by atoms with Crippen LogP contribution in [-0.2, 0) is 11.2 Å². The molecule has 4 nitrogen and oxygen atoms in total. The largest absolute Gasteiger partial charge is 0.481 e. The van der Waals surface area contributed by atoms with Gasteiger partial charge in [-0.1, -0.05) is 30.3 Å². The van der Waals surface area contributed by atoms with Crippen molar-refractivity contribution in [3.05, 3.63) is 60.2 Å². The molecule has 0 saturated carbocycles. The third-order valence-electron chi connectivity index (χ3n) is 2.85. The lowest BCUT2D eigenvalue weighted by Gasteiger charge is -2.11. The van der Waals surface area contributed by atoms with E-state index in [0.29, 0.717) is 12.0 Å². The number of carbonyl (C=O) groups is 1. The Bertz CT molecular complexity index is 500. The highest BCUT2D eigenvalue weighted by atomic mass is 16.4. The van der Waals surface area contributed by atoms with Gasteiger partial charge in [0.25, 0.3) is 0 Å². The summed E-state index contributed by atoms with van der Waals surface area (Å²) in [7, 11) is 0. The molecular weight excluding hydrogens is 228 g/mol. The molecule has 0 spiro atoms. The van der Waals surface area contributed by atoms with Gasteiger partial charge in [-0.05, 0) is 18.4 Å². The summed E-state index contributed by atoms with van der Waals surface area (Å²) >= 11 is 0. The number of aryl methyl sites for hydroxylation is 1. The van der Waals surface area contributed by atoms with Crippen LogP contribution in [0.4, 0.5) is 0 Å². The van der Waals surface area contributed by atoms with Crippen LogP contribution >= 0.6 is 0 Å². The minimum absolute atomic E-state index is 0.548. The molecule has 2 rings (SSSR count). The molecule has 1 unspecified atom stereocenters. The van der Waals surface area contributed by atoms with E-state index < -0.39 is 11.9 Å². The zero-order valence-electron chi connectivity index (χ0n) is 9.86. The molecular formula is C14H14N2O2. The van der Waals surface area contributed by atoms with Gasteiger partial charge in [-0.15, -0.1) is 0 Å². The third kappa shape index (κ3) is 3.13. The zero-order valence-corrected chi connectivity index (χ0v) is 9.86. The molecule has 0 bridgehead atoms. The van der Waals surface area contributed by atoms with Crippen LogP contribution in [0.2, 0.25) is 0 Å². The lowest BCUT2D eigenvalue weighted by atomic mass is 9.94. The maximum Gasteiger partial charge on any atom is 0.311 e. The van der Waals surface area contributed by atoms with Gasteiger partial charge in [-0.3, -0.25) is 4.79 Å². The van der Waals surface area contributed by atoms with E-state index in [0.717, 1.165) is 12.0 Å². The van der Waals surface area contributed by atoms with Crippen LogP contribution in [0.25, 0.3) is 0 Å². The van der Waals surface area contributed by atoms with Crippen molar-refractivity contribution in [1.29, 1.82) is 0 Å². The zero-order chi connectivity index (χ0) is 12.8. The highest BCUT2D eigenvalue weighted by Gasteiger charge is 2.19. The van der Waals surface area contributed by atoms with Crippen molar-refractivity contribution >= 4 is 5.97 Å². The number of carboxylic acids is 1. The van der Waals surface area contributed by atoms with E-state index in [-0.39, 0.29) is 0 Å². The summed E-state index contributed by atoms with van der Waals surface area (Å²) in [5.41, 5.74) is 1.79. The van der Waals surface area contributed by atoms with Gasteiger partial charge in [0.1, 0.15) is 6.33 Å². The lowest BCUT2D eigenvalue weighted by Crippen LogP contribution is -2.13. The Hall–Kier alpha value is -2.23. The Morgan fingerprint density at radius 3 is 2.44 bits per heavy atom. The average Bonchev–Trinajstić information content (AvgIpc) is 2.41. The minimum atomic E-state index is -0.833. The molecule has 0 aliphatic carbocycles. The molecule has 1 aromatic carbocycles. The quantitative estimate of drug-likeness (QED) is 0.873. The van der Waals surface area contributed by atoms with Crippen LogP contribution in [0, 0.1) is 0 Å². The molecule has 0 amide bonds. The summed E-state index contributed by atoms with van der Waals surface area (Å²) in [6.45, 7) is 0. The van der Waals surface area contributed by atoms with Crippen LogP contribution in [0.3, 0.4) is 0 Å². The maximum atomic E-state index is 11.3. The number of hydrogen-bond acceptors (Lipinski definition) is 3. The lowest BCUT2D eigenvalue weighted by molar-refractivity contribution is -0.139. The number of aliphatic carboxylic acids is 1. The number of benzene rings is 1. The number of carboxylic acid groups (broad SMARTS) is 1. The topological polar surface area (TPSA) is 63.1 Å². The van der Waals surface area contributed by atoms with Gasteiger partial charge < -0.3 is 5.11 Å². The monoisotopic (exact) mass is 242 g/mol. The Labute approximate surface area is 105 Å². The molecule has 1 N–H and O–H groups in total. The van der Waals surface area contributed by atoms with E-state index in [9.17, 15) is 9.90 Å². The van der Waals surface area contributed by atoms with Crippen LogP contribution in [0.5, 0.6) is 0 Å². The molecule has 4 heteroatoms. The fourth-order valence-corrected chi connectivity index (χ4v) is 1.88.